The first-order chi connectivity index (χ1) is 8.14. The monoisotopic (exact) mass is 235 g/mol. The summed E-state index contributed by atoms with van der Waals surface area (Å²) in [6.07, 6.45) is 1.70. The van der Waals surface area contributed by atoms with E-state index in [4.69, 9.17) is 9.47 Å². The molecule has 0 N–H and O–H groups in total. The number of esters is 1. The zero-order valence-corrected chi connectivity index (χ0v) is 10.4. The van der Waals surface area contributed by atoms with Gasteiger partial charge in [0.2, 0.25) is 0 Å². The minimum absolute atomic E-state index is 0.157. The number of benzene rings is 1. The van der Waals surface area contributed by atoms with E-state index >= 15 is 0 Å². The lowest BCUT2D eigenvalue weighted by Gasteiger charge is -2.27. The number of rotatable bonds is 4. The molecule has 0 heterocycles. The molecule has 1 aromatic carbocycles. The summed E-state index contributed by atoms with van der Waals surface area (Å²) in [4.78, 5) is 13.7. The second-order valence-corrected chi connectivity index (χ2v) is 4.28. The van der Waals surface area contributed by atoms with Gasteiger partial charge in [0.15, 0.2) is 0 Å². The molecular weight excluding hydrogens is 218 g/mol. The van der Waals surface area contributed by atoms with Gasteiger partial charge in [-0.25, -0.2) is 4.79 Å². The number of likely N-dealkylation sites (N-methyl/N-ethyl adjacent to an activating group) is 1. The van der Waals surface area contributed by atoms with Crippen LogP contribution in [0.4, 0.5) is 5.69 Å². The average Bonchev–Trinajstić information content (AvgIpc) is 3.18. The molecule has 0 spiro atoms. The first-order valence-electron chi connectivity index (χ1n) is 5.60. The molecule has 1 aliphatic carbocycles. The summed E-state index contributed by atoms with van der Waals surface area (Å²) in [6.45, 7) is 0. The van der Waals surface area contributed by atoms with E-state index in [1.54, 1.807) is 7.11 Å². The van der Waals surface area contributed by atoms with Crippen LogP contribution in [-0.2, 0) is 9.53 Å². The van der Waals surface area contributed by atoms with Crippen LogP contribution in [0.1, 0.15) is 12.8 Å². The molecule has 0 atom stereocenters. The molecule has 1 aromatic rings. The Morgan fingerprint density at radius 1 is 1.24 bits per heavy atom. The predicted octanol–water partition coefficient (Wildman–Crippen LogP) is 1.84. The fraction of sp³-hybridized carbons (Fsp3) is 0.462. The van der Waals surface area contributed by atoms with E-state index < -0.39 is 5.54 Å². The fourth-order valence-electron chi connectivity index (χ4n) is 2.04. The van der Waals surface area contributed by atoms with Gasteiger partial charge in [-0.1, -0.05) is 0 Å². The maximum absolute atomic E-state index is 11.7. The smallest absolute Gasteiger partial charge is 0.331 e. The highest BCUT2D eigenvalue weighted by molar-refractivity contribution is 5.88. The largest absolute Gasteiger partial charge is 0.497 e. The molecular formula is C13H17NO3. The lowest BCUT2D eigenvalue weighted by molar-refractivity contribution is -0.143. The number of carbonyl (C=O) groups excluding carboxylic acids is 1. The van der Waals surface area contributed by atoms with Crippen LogP contribution in [0.3, 0.4) is 0 Å². The third-order valence-corrected chi connectivity index (χ3v) is 3.39. The van der Waals surface area contributed by atoms with Crippen molar-refractivity contribution in [1.82, 2.24) is 0 Å². The van der Waals surface area contributed by atoms with Gasteiger partial charge in [-0.05, 0) is 37.1 Å². The van der Waals surface area contributed by atoms with Gasteiger partial charge in [0, 0.05) is 12.7 Å². The zero-order valence-electron chi connectivity index (χ0n) is 10.4. The van der Waals surface area contributed by atoms with Crippen LogP contribution >= 0.6 is 0 Å². The summed E-state index contributed by atoms with van der Waals surface area (Å²) in [6, 6.07) is 7.67. The van der Waals surface area contributed by atoms with Gasteiger partial charge in [0.05, 0.1) is 14.2 Å². The van der Waals surface area contributed by atoms with Gasteiger partial charge in [-0.2, -0.15) is 0 Å². The number of ether oxygens (including phenoxy) is 2. The van der Waals surface area contributed by atoms with Gasteiger partial charge in [-0.3, -0.25) is 0 Å². The molecule has 0 unspecified atom stereocenters. The van der Waals surface area contributed by atoms with E-state index in [1.807, 2.05) is 36.2 Å². The topological polar surface area (TPSA) is 38.8 Å². The van der Waals surface area contributed by atoms with Crippen molar-refractivity contribution in [3.05, 3.63) is 24.3 Å². The van der Waals surface area contributed by atoms with Crippen molar-refractivity contribution in [2.75, 3.05) is 26.2 Å². The average molecular weight is 235 g/mol. The maximum atomic E-state index is 11.7. The Labute approximate surface area is 101 Å². The number of carbonyl (C=O) groups is 1. The van der Waals surface area contributed by atoms with E-state index in [-0.39, 0.29) is 5.97 Å². The maximum Gasteiger partial charge on any atom is 0.331 e. The Bertz CT molecular complexity index is 409. The quantitative estimate of drug-likeness (QED) is 0.746. The minimum Gasteiger partial charge on any atom is -0.497 e. The van der Waals surface area contributed by atoms with Crippen LogP contribution in [0.15, 0.2) is 24.3 Å². The molecule has 0 radical (unpaired) electrons. The van der Waals surface area contributed by atoms with Crippen LogP contribution in [0.5, 0.6) is 5.75 Å². The highest BCUT2D eigenvalue weighted by atomic mass is 16.5. The van der Waals surface area contributed by atoms with E-state index in [2.05, 4.69) is 0 Å². The fourth-order valence-corrected chi connectivity index (χ4v) is 2.04. The summed E-state index contributed by atoms with van der Waals surface area (Å²) in [7, 11) is 4.99. The molecule has 92 valence electrons. The van der Waals surface area contributed by atoms with Gasteiger partial charge in [-0.15, -0.1) is 0 Å². The molecule has 0 bridgehead atoms. The van der Waals surface area contributed by atoms with Gasteiger partial charge >= 0.3 is 5.97 Å². The Morgan fingerprint density at radius 3 is 2.24 bits per heavy atom. The molecule has 0 saturated heterocycles. The lowest BCUT2D eigenvalue weighted by Crippen LogP contribution is -2.41. The lowest BCUT2D eigenvalue weighted by atomic mass is 10.2. The molecule has 1 aliphatic rings. The second-order valence-electron chi connectivity index (χ2n) is 4.28. The van der Waals surface area contributed by atoms with Crippen LogP contribution in [0.2, 0.25) is 0 Å². The number of hydrogen-bond acceptors (Lipinski definition) is 4. The minimum atomic E-state index is -0.455. The van der Waals surface area contributed by atoms with Crippen LogP contribution in [-0.4, -0.2) is 32.8 Å². The summed E-state index contributed by atoms with van der Waals surface area (Å²) < 4.78 is 9.97. The van der Waals surface area contributed by atoms with Crippen molar-refractivity contribution in [1.29, 1.82) is 0 Å². The first kappa shape index (κ1) is 11.8. The molecule has 1 saturated carbocycles. The van der Waals surface area contributed by atoms with Gasteiger partial charge in [0.1, 0.15) is 11.3 Å². The summed E-state index contributed by atoms with van der Waals surface area (Å²) in [5.41, 5.74) is 0.539. The number of anilines is 1. The van der Waals surface area contributed by atoms with E-state index in [0.717, 1.165) is 24.3 Å². The Kier molecular flexibility index (Phi) is 2.96. The van der Waals surface area contributed by atoms with Crippen molar-refractivity contribution >= 4 is 11.7 Å². The van der Waals surface area contributed by atoms with Crippen molar-refractivity contribution < 1.29 is 14.3 Å². The SMILES string of the molecule is COC(=O)C1(N(C)c2ccc(OC)cc2)CC1. The highest BCUT2D eigenvalue weighted by Crippen LogP contribution is 2.44. The van der Waals surface area contributed by atoms with Crippen molar-refractivity contribution in [3.8, 4) is 5.75 Å². The van der Waals surface area contributed by atoms with Gasteiger partial charge < -0.3 is 14.4 Å². The molecule has 0 aromatic heterocycles. The van der Waals surface area contributed by atoms with Crippen molar-refractivity contribution in [2.45, 2.75) is 18.4 Å². The normalized spacial score (nSPS) is 16.2. The molecule has 0 aliphatic heterocycles. The summed E-state index contributed by atoms with van der Waals surface area (Å²) >= 11 is 0. The Hall–Kier alpha value is -1.71. The first-order valence-corrected chi connectivity index (χ1v) is 5.60. The zero-order chi connectivity index (χ0) is 12.5. The number of nitrogens with zero attached hydrogens (tertiary/aromatic N) is 1. The molecule has 4 heteroatoms. The number of hydrogen-bond donors (Lipinski definition) is 0. The molecule has 17 heavy (non-hydrogen) atoms. The van der Waals surface area contributed by atoms with Crippen molar-refractivity contribution in [3.63, 3.8) is 0 Å². The van der Waals surface area contributed by atoms with Crippen molar-refractivity contribution in [2.24, 2.45) is 0 Å². The van der Waals surface area contributed by atoms with E-state index in [9.17, 15) is 4.79 Å². The third-order valence-electron chi connectivity index (χ3n) is 3.39. The van der Waals surface area contributed by atoms with Crippen LogP contribution < -0.4 is 9.64 Å². The summed E-state index contributed by atoms with van der Waals surface area (Å²) in [5, 5.41) is 0. The van der Waals surface area contributed by atoms with E-state index in [1.165, 1.54) is 7.11 Å². The Morgan fingerprint density at radius 2 is 1.82 bits per heavy atom. The third kappa shape index (κ3) is 1.95. The second kappa shape index (κ2) is 4.28. The molecule has 4 nitrogen and oxygen atoms in total. The van der Waals surface area contributed by atoms with Crippen LogP contribution in [0.25, 0.3) is 0 Å². The summed E-state index contributed by atoms with van der Waals surface area (Å²) in [5.74, 6) is 0.654. The Balaban J connectivity index is 2.19. The van der Waals surface area contributed by atoms with E-state index in [0.29, 0.717) is 0 Å². The van der Waals surface area contributed by atoms with Crippen LogP contribution in [0, 0.1) is 0 Å². The molecule has 2 rings (SSSR count). The standard InChI is InChI=1S/C13H17NO3/c1-14(13(8-9-13)12(15)17-3)10-4-6-11(16-2)7-5-10/h4-7H,8-9H2,1-3H3. The molecule has 0 amide bonds. The van der Waals surface area contributed by atoms with Gasteiger partial charge in [0.25, 0.3) is 0 Å². The highest BCUT2D eigenvalue weighted by Gasteiger charge is 2.54. The number of methoxy groups -OCH3 is 2. The predicted molar refractivity (Wildman–Crippen MR) is 65.4 cm³/mol. The molecule has 1 fully saturated rings.